The maximum atomic E-state index is 13.5. The van der Waals surface area contributed by atoms with Gasteiger partial charge in [-0.05, 0) is 24.8 Å². The van der Waals surface area contributed by atoms with Gasteiger partial charge in [0.1, 0.15) is 5.82 Å². The predicted molar refractivity (Wildman–Crippen MR) is 110 cm³/mol. The van der Waals surface area contributed by atoms with E-state index < -0.39 is 5.92 Å². The molecule has 1 saturated carbocycles. The zero-order valence-corrected chi connectivity index (χ0v) is 17.8. The third-order valence-corrected chi connectivity index (χ3v) is 6.05. The second kappa shape index (κ2) is 8.49. The number of aromatic nitrogens is 4. The monoisotopic (exact) mass is 434 g/mol. The van der Waals surface area contributed by atoms with Crippen LogP contribution in [0.25, 0.3) is 5.95 Å². The average molecular weight is 434 g/mol. The summed E-state index contributed by atoms with van der Waals surface area (Å²) in [6, 6.07) is 3.51. The van der Waals surface area contributed by atoms with Crippen molar-refractivity contribution >= 4 is 11.7 Å². The van der Waals surface area contributed by atoms with Crippen LogP contribution in [0, 0.1) is 5.92 Å². The van der Waals surface area contributed by atoms with E-state index >= 15 is 0 Å². The molecule has 10 heteroatoms. The molecule has 2 aromatic rings. The number of aliphatic hydroxyl groups excluding tert-OH is 1. The molecule has 1 atom stereocenters. The maximum absolute atomic E-state index is 13.5. The lowest BCUT2D eigenvalue weighted by Crippen LogP contribution is -2.54. The second-order valence-corrected chi connectivity index (χ2v) is 8.77. The van der Waals surface area contributed by atoms with Crippen LogP contribution in [0.1, 0.15) is 57.3 Å². The fourth-order valence-corrected chi connectivity index (χ4v) is 4.15. The minimum absolute atomic E-state index is 0.0875. The van der Waals surface area contributed by atoms with Crippen LogP contribution in [0.15, 0.2) is 18.3 Å². The molecule has 8 nitrogen and oxygen atoms in total. The standard InChI is InChI=1S/C21H28F2N6O2/c1-13(2)17-10-19(31)28(17)11-16-9-18(24-14-3-6-21(22,23)7-4-14)26-20(25-16)29-8-5-15(12-30)27-29/h5,8-9,13-14,17,30H,3-4,6-7,10-12H2,1-2H3,(H,24,25,26). The first-order chi connectivity index (χ1) is 14.7. The van der Waals surface area contributed by atoms with Crippen molar-refractivity contribution in [1.82, 2.24) is 24.6 Å². The topological polar surface area (TPSA) is 96.2 Å². The number of nitrogens with one attached hydrogen (secondary N) is 1. The number of amides is 1. The Morgan fingerprint density at radius 1 is 1.26 bits per heavy atom. The van der Waals surface area contributed by atoms with Gasteiger partial charge in [0.15, 0.2) is 0 Å². The number of carbonyl (C=O) groups is 1. The summed E-state index contributed by atoms with van der Waals surface area (Å²) in [6.07, 6.45) is 2.62. The number of rotatable bonds is 7. The lowest BCUT2D eigenvalue weighted by molar-refractivity contribution is -0.149. The Morgan fingerprint density at radius 2 is 2.00 bits per heavy atom. The first-order valence-electron chi connectivity index (χ1n) is 10.7. The molecule has 1 amide bonds. The van der Waals surface area contributed by atoms with Crippen LogP contribution in [0.2, 0.25) is 0 Å². The van der Waals surface area contributed by atoms with Crippen molar-refractivity contribution in [1.29, 1.82) is 0 Å². The number of hydrogen-bond acceptors (Lipinski definition) is 6. The Morgan fingerprint density at radius 3 is 2.61 bits per heavy atom. The molecule has 31 heavy (non-hydrogen) atoms. The summed E-state index contributed by atoms with van der Waals surface area (Å²) >= 11 is 0. The molecular weight excluding hydrogens is 406 g/mol. The van der Waals surface area contributed by atoms with E-state index in [0.717, 1.165) is 0 Å². The molecule has 0 aromatic carbocycles. The Kier molecular flexibility index (Phi) is 5.92. The number of β-lactam (4-membered cyclic amide) rings is 1. The van der Waals surface area contributed by atoms with Crippen LogP contribution < -0.4 is 5.32 Å². The van der Waals surface area contributed by atoms with Gasteiger partial charge < -0.3 is 15.3 Å². The molecule has 2 aromatic heterocycles. The van der Waals surface area contributed by atoms with Crippen molar-refractivity contribution in [2.75, 3.05) is 5.32 Å². The molecule has 2 N–H and O–H groups in total. The van der Waals surface area contributed by atoms with Gasteiger partial charge in [0.05, 0.1) is 24.5 Å². The molecule has 0 radical (unpaired) electrons. The van der Waals surface area contributed by atoms with Crippen molar-refractivity contribution in [3.8, 4) is 5.95 Å². The number of halogens is 2. The first kappa shape index (κ1) is 21.6. The largest absolute Gasteiger partial charge is 0.390 e. The van der Waals surface area contributed by atoms with E-state index in [9.17, 15) is 18.7 Å². The van der Waals surface area contributed by atoms with E-state index in [1.165, 1.54) is 4.68 Å². The molecule has 1 unspecified atom stereocenters. The molecule has 4 rings (SSSR count). The number of alkyl halides is 2. The van der Waals surface area contributed by atoms with Crippen molar-refractivity contribution < 1.29 is 18.7 Å². The highest BCUT2D eigenvalue weighted by Crippen LogP contribution is 2.34. The molecule has 0 bridgehead atoms. The summed E-state index contributed by atoms with van der Waals surface area (Å²) in [4.78, 5) is 23.1. The summed E-state index contributed by atoms with van der Waals surface area (Å²) in [6.45, 7) is 4.32. The SMILES string of the molecule is CC(C)C1CC(=O)N1Cc1cc(NC2CCC(F)(F)CC2)nc(-n2ccc(CO)n2)n1. The van der Waals surface area contributed by atoms with Gasteiger partial charge >= 0.3 is 0 Å². The average Bonchev–Trinajstić information content (AvgIpc) is 3.21. The molecule has 3 heterocycles. The summed E-state index contributed by atoms with van der Waals surface area (Å²) in [5.74, 6) is -1.34. The molecule has 2 aliphatic rings. The van der Waals surface area contributed by atoms with Gasteiger partial charge in [-0.25, -0.2) is 18.4 Å². The van der Waals surface area contributed by atoms with E-state index in [2.05, 4.69) is 34.2 Å². The normalized spacial score (nSPS) is 21.4. The lowest BCUT2D eigenvalue weighted by atomic mass is 9.91. The van der Waals surface area contributed by atoms with Crippen molar-refractivity contribution in [3.63, 3.8) is 0 Å². The van der Waals surface area contributed by atoms with Crippen molar-refractivity contribution in [2.24, 2.45) is 5.92 Å². The number of nitrogens with zero attached hydrogens (tertiary/aromatic N) is 5. The summed E-state index contributed by atoms with van der Waals surface area (Å²) in [7, 11) is 0. The molecule has 0 spiro atoms. The van der Waals surface area contributed by atoms with E-state index in [-0.39, 0.29) is 37.4 Å². The summed E-state index contributed by atoms with van der Waals surface area (Å²) in [5, 5.41) is 16.8. The predicted octanol–water partition coefficient (Wildman–Crippen LogP) is 2.90. The van der Waals surface area contributed by atoms with Gasteiger partial charge in [-0.2, -0.15) is 10.1 Å². The third-order valence-electron chi connectivity index (χ3n) is 6.05. The Balaban J connectivity index is 1.58. The maximum Gasteiger partial charge on any atom is 0.252 e. The first-order valence-corrected chi connectivity index (χ1v) is 10.7. The Labute approximate surface area is 179 Å². The molecule has 1 aliphatic carbocycles. The Bertz CT molecular complexity index is 938. The van der Waals surface area contributed by atoms with Crippen LogP contribution in [-0.4, -0.2) is 53.7 Å². The van der Waals surface area contributed by atoms with E-state index in [1.54, 1.807) is 18.3 Å². The van der Waals surface area contributed by atoms with Gasteiger partial charge in [0.25, 0.3) is 5.95 Å². The molecule has 1 saturated heterocycles. The van der Waals surface area contributed by atoms with Gasteiger partial charge in [-0.15, -0.1) is 0 Å². The zero-order chi connectivity index (χ0) is 22.2. The van der Waals surface area contributed by atoms with Gasteiger partial charge in [-0.3, -0.25) is 4.79 Å². The molecule has 1 aliphatic heterocycles. The summed E-state index contributed by atoms with van der Waals surface area (Å²) in [5.41, 5.74) is 1.13. The molecule has 2 fully saturated rings. The highest BCUT2D eigenvalue weighted by Gasteiger charge is 2.38. The van der Waals surface area contributed by atoms with Crippen LogP contribution in [0.3, 0.4) is 0 Å². The number of aliphatic hydroxyl groups is 1. The molecule has 168 valence electrons. The summed E-state index contributed by atoms with van der Waals surface area (Å²) < 4.78 is 28.5. The van der Waals surface area contributed by atoms with Crippen molar-refractivity contribution in [3.05, 3.63) is 29.7 Å². The third kappa shape index (κ3) is 4.84. The number of carbonyl (C=O) groups excluding carboxylic acids is 1. The highest BCUT2D eigenvalue weighted by atomic mass is 19.3. The number of likely N-dealkylation sites (tertiary alicyclic amines) is 1. The second-order valence-electron chi connectivity index (χ2n) is 8.77. The quantitative estimate of drug-likeness (QED) is 0.651. The van der Waals surface area contributed by atoms with Gasteiger partial charge in [-0.1, -0.05) is 13.8 Å². The minimum atomic E-state index is -2.60. The van der Waals surface area contributed by atoms with E-state index in [4.69, 9.17) is 0 Å². The van der Waals surface area contributed by atoms with Gasteiger partial charge in [0, 0.05) is 43.6 Å². The minimum Gasteiger partial charge on any atom is -0.390 e. The van der Waals surface area contributed by atoms with E-state index in [1.807, 2.05) is 4.90 Å². The van der Waals surface area contributed by atoms with E-state index in [0.29, 0.717) is 54.9 Å². The van der Waals surface area contributed by atoms with Crippen LogP contribution in [-0.2, 0) is 17.9 Å². The smallest absolute Gasteiger partial charge is 0.252 e. The lowest BCUT2D eigenvalue weighted by Gasteiger charge is -2.42. The molecular formula is C21H28F2N6O2. The zero-order valence-electron chi connectivity index (χ0n) is 17.8. The van der Waals surface area contributed by atoms with Crippen LogP contribution in [0.5, 0.6) is 0 Å². The fourth-order valence-electron chi connectivity index (χ4n) is 4.15. The van der Waals surface area contributed by atoms with Crippen LogP contribution in [0.4, 0.5) is 14.6 Å². The number of anilines is 1. The number of hydrogen-bond donors (Lipinski definition) is 2. The Hall–Kier alpha value is -2.62. The van der Waals surface area contributed by atoms with Crippen molar-refractivity contribution in [2.45, 2.75) is 77.1 Å². The fraction of sp³-hybridized carbons (Fsp3) is 0.619. The van der Waals surface area contributed by atoms with Gasteiger partial charge in [0.2, 0.25) is 11.8 Å². The highest BCUT2D eigenvalue weighted by molar-refractivity contribution is 5.83. The van der Waals surface area contributed by atoms with Crippen LogP contribution >= 0.6 is 0 Å².